The number of thiol groups is 1. The molecule has 0 saturated heterocycles. The molecule has 1 rings (SSSR count). The first-order valence-electron chi connectivity index (χ1n) is 3.22. The highest BCUT2D eigenvalue weighted by atomic mass is 35.5. The van der Waals surface area contributed by atoms with E-state index in [0.717, 1.165) is 0 Å². The molecule has 1 aromatic carbocycles. The molecule has 2 nitrogen and oxygen atoms in total. The predicted octanol–water partition coefficient (Wildman–Crippen LogP) is 2.42. The minimum Gasteiger partial charge on any atom is -0.495 e. The Balaban J connectivity index is 3.10. The SMILES string of the molecule is COc1ccc(C(=O)S)cc1Cl. The summed E-state index contributed by atoms with van der Waals surface area (Å²) < 4.78 is 4.91. The molecule has 0 spiro atoms. The number of ether oxygens (including phenoxy) is 1. The molecule has 4 heteroatoms. The van der Waals surface area contributed by atoms with E-state index in [9.17, 15) is 4.79 Å². The molecular weight excluding hydrogens is 196 g/mol. The number of benzene rings is 1. The van der Waals surface area contributed by atoms with E-state index in [1.807, 2.05) is 0 Å². The first-order chi connectivity index (χ1) is 5.65. The smallest absolute Gasteiger partial charge is 0.216 e. The maximum Gasteiger partial charge on any atom is 0.216 e. The third-order valence-electron chi connectivity index (χ3n) is 1.40. The minimum absolute atomic E-state index is 0.306. The van der Waals surface area contributed by atoms with E-state index in [1.54, 1.807) is 12.1 Å². The zero-order valence-electron chi connectivity index (χ0n) is 6.37. The number of methoxy groups -OCH3 is 1. The fourth-order valence-electron chi connectivity index (χ4n) is 0.799. The van der Waals surface area contributed by atoms with Crippen LogP contribution in [0.1, 0.15) is 10.4 Å². The highest BCUT2D eigenvalue weighted by molar-refractivity contribution is 7.97. The van der Waals surface area contributed by atoms with Crippen LogP contribution >= 0.6 is 24.2 Å². The minimum atomic E-state index is -0.306. The number of carbonyl (C=O) groups excluding carboxylic acids is 1. The summed E-state index contributed by atoms with van der Waals surface area (Å²) in [5.41, 5.74) is 0.462. The number of halogens is 1. The average molecular weight is 203 g/mol. The maximum absolute atomic E-state index is 10.8. The second-order valence-electron chi connectivity index (χ2n) is 2.15. The average Bonchev–Trinajstić information content (AvgIpc) is 2.04. The second-order valence-corrected chi connectivity index (χ2v) is 2.97. The van der Waals surface area contributed by atoms with Crippen molar-refractivity contribution in [3.05, 3.63) is 28.8 Å². The van der Waals surface area contributed by atoms with Crippen molar-refractivity contribution in [3.8, 4) is 5.75 Å². The van der Waals surface area contributed by atoms with E-state index in [0.29, 0.717) is 16.3 Å². The van der Waals surface area contributed by atoms with Gasteiger partial charge < -0.3 is 4.74 Å². The van der Waals surface area contributed by atoms with Gasteiger partial charge in [0.1, 0.15) is 5.75 Å². The number of carbonyl (C=O) groups is 1. The Morgan fingerprint density at radius 3 is 2.67 bits per heavy atom. The van der Waals surface area contributed by atoms with Crippen molar-refractivity contribution >= 4 is 29.3 Å². The van der Waals surface area contributed by atoms with Crippen LogP contribution in [0.3, 0.4) is 0 Å². The summed E-state index contributed by atoms with van der Waals surface area (Å²) >= 11 is 9.42. The Kier molecular flexibility index (Phi) is 3.00. The van der Waals surface area contributed by atoms with Crippen LogP contribution in [-0.4, -0.2) is 12.2 Å². The van der Waals surface area contributed by atoms with Crippen molar-refractivity contribution in [1.29, 1.82) is 0 Å². The topological polar surface area (TPSA) is 26.3 Å². The molecule has 1 aromatic rings. The van der Waals surface area contributed by atoms with Crippen LogP contribution in [0, 0.1) is 0 Å². The lowest BCUT2D eigenvalue weighted by atomic mass is 10.2. The summed E-state index contributed by atoms with van der Waals surface area (Å²) in [5, 5.41) is 0.108. The Labute approximate surface area is 80.9 Å². The molecule has 0 aliphatic carbocycles. The van der Waals surface area contributed by atoms with Crippen LogP contribution in [0.25, 0.3) is 0 Å². The summed E-state index contributed by atoms with van der Waals surface area (Å²) in [7, 11) is 1.52. The Hall–Kier alpha value is -0.670. The van der Waals surface area contributed by atoms with Gasteiger partial charge in [0.25, 0.3) is 0 Å². The summed E-state index contributed by atoms with van der Waals surface area (Å²) in [6.45, 7) is 0. The molecule has 0 fully saturated rings. The Morgan fingerprint density at radius 2 is 2.25 bits per heavy atom. The van der Waals surface area contributed by atoms with E-state index in [2.05, 4.69) is 12.6 Å². The van der Waals surface area contributed by atoms with Gasteiger partial charge in [-0.2, -0.15) is 0 Å². The van der Waals surface area contributed by atoms with Gasteiger partial charge in [-0.1, -0.05) is 11.6 Å². The zero-order chi connectivity index (χ0) is 9.14. The fourth-order valence-corrected chi connectivity index (χ4v) is 1.20. The Morgan fingerprint density at radius 1 is 1.58 bits per heavy atom. The van der Waals surface area contributed by atoms with Gasteiger partial charge in [-0.25, -0.2) is 0 Å². The largest absolute Gasteiger partial charge is 0.495 e. The molecule has 0 atom stereocenters. The van der Waals surface area contributed by atoms with Gasteiger partial charge in [-0.3, -0.25) is 4.79 Å². The molecule has 0 heterocycles. The van der Waals surface area contributed by atoms with Crippen molar-refractivity contribution in [1.82, 2.24) is 0 Å². The molecule has 0 N–H and O–H groups in total. The van der Waals surface area contributed by atoms with E-state index >= 15 is 0 Å². The summed E-state index contributed by atoms with van der Waals surface area (Å²) in [4.78, 5) is 10.8. The van der Waals surface area contributed by atoms with Crippen LogP contribution < -0.4 is 4.74 Å². The van der Waals surface area contributed by atoms with E-state index in [-0.39, 0.29) is 5.12 Å². The first kappa shape index (κ1) is 9.42. The summed E-state index contributed by atoms with van der Waals surface area (Å²) in [5.74, 6) is 0.551. The van der Waals surface area contributed by atoms with Crippen molar-refractivity contribution in [3.63, 3.8) is 0 Å². The Bertz CT molecular complexity index is 312. The number of rotatable bonds is 2. The van der Waals surface area contributed by atoms with Gasteiger partial charge in [0, 0.05) is 5.56 Å². The molecule has 0 bridgehead atoms. The van der Waals surface area contributed by atoms with Crippen molar-refractivity contribution in [2.75, 3.05) is 7.11 Å². The van der Waals surface area contributed by atoms with Gasteiger partial charge in [0.05, 0.1) is 12.1 Å². The lowest BCUT2D eigenvalue weighted by Gasteiger charge is -2.02. The van der Waals surface area contributed by atoms with Crippen molar-refractivity contribution < 1.29 is 9.53 Å². The fraction of sp³-hybridized carbons (Fsp3) is 0.125. The molecule has 0 amide bonds. The molecule has 0 saturated carbocycles. The van der Waals surface area contributed by atoms with Gasteiger partial charge in [-0.05, 0) is 18.2 Å². The maximum atomic E-state index is 10.8. The predicted molar refractivity (Wildman–Crippen MR) is 51.3 cm³/mol. The normalized spacial score (nSPS) is 9.58. The van der Waals surface area contributed by atoms with Gasteiger partial charge in [0.2, 0.25) is 5.12 Å². The zero-order valence-corrected chi connectivity index (χ0v) is 8.02. The summed E-state index contributed by atoms with van der Waals surface area (Å²) in [6.07, 6.45) is 0. The van der Waals surface area contributed by atoms with Gasteiger partial charge >= 0.3 is 0 Å². The third-order valence-corrected chi connectivity index (χ3v) is 1.95. The van der Waals surface area contributed by atoms with Crippen LogP contribution in [0.2, 0.25) is 5.02 Å². The molecule has 0 aliphatic rings. The molecule has 0 radical (unpaired) electrons. The van der Waals surface area contributed by atoms with E-state index in [1.165, 1.54) is 13.2 Å². The van der Waals surface area contributed by atoms with Crippen LogP contribution in [-0.2, 0) is 0 Å². The molecule has 12 heavy (non-hydrogen) atoms. The lowest BCUT2D eigenvalue weighted by Crippen LogP contribution is -1.90. The van der Waals surface area contributed by atoms with Crippen LogP contribution in [0.5, 0.6) is 5.75 Å². The van der Waals surface area contributed by atoms with E-state index < -0.39 is 0 Å². The number of hydrogen-bond acceptors (Lipinski definition) is 2. The van der Waals surface area contributed by atoms with E-state index in [4.69, 9.17) is 16.3 Å². The highest BCUT2D eigenvalue weighted by Gasteiger charge is 2.04. The molecule has 0 aromatic heterocycles. The second kappa shape index (κ2) is 3.83. The quantitative estimate of drug-likeness (QED) is 0.746. The van der Waals surface area contributed by atoms with Gasteiger partial charge in [-0.15, -0.1) is 12.6 Å². The van der Waals surface area contributed by atoms with Gasteiger partial charge in [0.15, 0.2) is 0 Å². The monoisotopic (exact) mass is 202 g/mol. The molecule has 0 aliphatic heterocycles. The summed E-state index contributed by atoms with van der Waals surface area (Å²) in [6, 6.07) is 4.77. The van der Waals surface area contributed by atoms with Crippen LogP contribution in [0.15, 0.2) is 18.2 Å². The van der Waals surface area contributed by atoms with Crippen LogP contribution in [0.4, 0.5) is 0 Å². The number of hydrogen-bond donors (Lipinski definition) is 1. The van der Waals surface area contributed by atoms with Crippen molar-refractivity contribution in [2.24, 2.45) is 0 Å². The standard InChI is InChI=1S/C8H7ClO2S/c1-11-7-3-2-5(8(10)12)4-6(7)9/h2-4H,1H3,(H,10,12). The highest BCUT2D eigenvalue weighted by Crippen LogP contribution is 2.25. The lowest BCUT2D eigenvalue weighted by molar-refractivity contribution is 0.109. The third kappa shape index (κ3) is 1.93. The molecular formula is C8H7ClO2S. The molecule has 64 valence electrons. The van der Waals surface area contributed by atoms with Crippen molar-refractivity contribution in [2.45, 2.75) is 0 Å². The first-order valence-corrected chi connectivity index (χ1v) is 4.04. The molecule has 0 unspecified atom stereocenters.